The highest BCUT2D eigenvalue weighted by Crippen LogP contribution is 2.26. The molecule has 1 aliphatic rings. The van der Waals surface area contributed by atoms with E-state index in [1.165, 1.54) is 18.6 Å². The Labute approximate surface area is 182 Å². The van der Waals surface area contributed by atoms with Gasteiger partial charge in [0.25, 0.3) is 11.8 Å². The van der Waals surface area contributed by atoms with Crippen molar-refractivity contribution in [1.82, 2.24) is 20.2 Å². The molecular weight excluding hydrogens is 398 g/mol. The quantitative estimate of drug-likeness (QED) is 0.770. The van der Waals surface area contributed by atoms with Crippen LogP contribution in [0.4, 0.5) is 5.69 Å². The van der Waals surface area contributed by atoms with E-state index in [2.05, 4.69) is 27.5 Å². The van der Waals surface area contributed by atoms with Gasteiger partial charge < -0.3 is 25.0 Å². The zero-order valence-corrected chi connectivity index (χ0v) is 18.3. The predicted molar refractivity (Wildman–Crippen MR) is 116 cm³/mol. The normalized spacial score (nSPS) is 22.5. The molecule has 0 aliphatic carbocycles. The molecule has 0 bridgehead atoms. The number of methoxy groups -OCH3 is 1. The zero-order valence-electron chi connectivity index (χ0n) is 18.3. The molecule has 2 aromatic rings. The summed E-state index contributed by atoms with van der Waals surface area (Å²) >= 11 is 0. The largest absolute Gasteiger partial charge is 0.491 e. The van der Waals surface area contributed by atoms with Gasteiger partial charge in [-0.15, -0.1) is 0 Å². The summed E-state index contributed by atoms with van der Waals surface area (Å²) in [5.41, 5.74) is 1.02. The number of benzene rings is 1. The van der Waals surface area contributed by atoms with Crippen LogP contribution in [0.1, 0.15) is 34.7 Å². The summed E-state index contributed by atoms with van der Waals surface area (Å²) in [6.07, 6.45) is 4.21. The fourth-order valence-corrected chi connectivity index (χ4v) is 3.35. The molecule has 0 spiro atoms. The van der Waals surface area contributed by atoms with E-state index in [0.29, 0.717) is 30.2 Å². The molecule has 2 amide bonds. The van der Waals surface area contributed by atoms with E-state index in [1.54, 1.807) is 37.3 Å². The monoisotopic (exact) mass is 427 g/mol. The molecule has 3 rings (SSSR count). The summed E-state index contributed by atoms with van der Waals surface area (Å²) in [6.45, 7) is 5.71. The van der Waals surface area contributed by atoms with E-state index in [4.69, 9.17) is 9.47 Å². The Balaban J connectivity index is 1.88. The molecule has 0 saturated carbocycles. The van der Waals surface area contributed by atoms with Crippen molar-refractivity contribution in [1.29, 1.82) is 0 Å². The Bertz CT molecular complexity index is 908. The van der Waals surface area contributed by atoms with Gasteiger partial charge in [-0.1, -0.05) is 6.92 Å². The molecule has 0 radical (unpaired) electrons. The van der Waals surface area contributed by atoms with Gasteiger partial charge in [0.2, 0.25) is 0 Å². The van der Waals surface area contributed by atoms with Crippen molar-refractivity contribution in [2.24, 2.45) is 5.92 Å². The number of amides is 2. The first-order valence-corrected chi connectivity index (χ1v) is 10.2. The van der Waals surface area contributed by atoms with Crippen molar-refractivity contribution in [2.45, 2.75) is 26.0 Å². The molecule has 0 saturated heterocycles. The van der Waals surface area contributed by atoms with Gasteiger partial charge in [0.1, 0.15) is 18.1 Å². The average Bonchev–Trinajstić information content (AvgIpc) is 2.79. The van der Waals surface area contributed by atoms with Crippen LogP contribution >= 0.6 is 0 Å². The maximum absolute atomic E-state index is 13.2. The molecule has 0 fully saturated rings. The number of carbonyl (C=O) groups excluding carboxylic acids is 2. The van der Waals surface area contributed by atoms with Crippen molar-refractivity contribution in [3.05, 3.63) is 48.0 Å². The fourth-order valence-electron chi connectivity index (χ4n) is 3.35. The Hall–Kier alpha value is -3.04. The second-order valence-electron chi connectivity index (χ2n) is 7.81. The number of nitrogens with one attached hydrogen (secondary N) is 2. The highest BCUT2D eigenvalue weighted by Gasteiger charge is 2.25. The van der Waals surface area contributed by atoms with Crippen LogP contribution in [0, 0.1) is 5.92 Å². The molecule has 1 aromatic heterocycles. The molecule has 2 N–H and O–H groups in total. The molecular formula is C22H29N5O4. The summed E-state index contributed by atoms with van der Waals surface area (Å²) in [5, 5.41) is 6.21. The SMILES string of the molecule is CO[C@@H]1CN(C)C(=O)c2cc(NC(=O)c3cnccn3)ccc2OC[C@@H](C)NC[C@@H]1C. The van der Waals surface area contributed by atoms with Crippen LogP contribution in [0.3, 0.4) is 0 Å². The Morgan fingerprint density at radius 2 is 2.13 bits per heavy atom. The van der Waals surface area contributed by atoms with Gasteiger partial charge >= 0.3 is 0 Å². The molecule has 1 aromatic carbocycles. The van der Waals surface area contributed by atoms with Gasteiger partial charge in [-0.25, -0.2) is 4.98 Å². The van der Waals surface area contributed by atoms with Gasteiger partial charge in [0.15, 0.2) is 0 Å². The minimum absolute atomic E-state index is 0.0936. The van der Waals surface area contributed by atoms with Crippen LogP contribution in [0.5, 0.6) is 5.75 Å². The number of fused-ring (bicyclic) bond motifs is 1. The Kier molecular flexibility index (Phi) is 7.54. The molecule has 3 atom stereocenters. The van der Waals surface area contributed by atoms with E-state index in [0.717, 1.165) is 6.54 Å². The topological polar surface area (TPSA) is 106 Å². The van der Waals surface area contributed by atoms with E-state index < -0.39 is 5.91 Å². The fraction of sp³-hybridized carbons (Fsp3) is 0.455. The first-order chi connectivity index (χ1) is 14.9. The van der Waals surface area contributed by atoms with Crippen molar-refractivity contribution >= 4 is 17.5 Å². The minimum Gasteiger partial charge on any atom is -0.491 e. The molecule has 31 heavy (non-hydrogen) atoms. The average molecular weight is 428 g/mol. The number of nitrogens with zero attached hydrogens (tertiary/aromatic N) is 3. The Morgan fingerprint density at radius 1 is 1.32 bits per heavy atom. The minimum atomic E-state index is -0.408. The van der Waals surface area contributed by atoms with Crippen LogP contribution in [-0.4, -0.2) is 72.7 Å². The van der Waals surface area contributed by atoms with Gasteiger partial charge in [-0.05, 0) is 31.0 Å². The molecule has 0 unspecified atom stereocenters. The second kappa shape index (κ2) is 10.3. The number of hydrogen-bond donors (Lipinski definition) is 2. The van der Waals surface area contributed by atoms with E-state index >= 15 is 0 Å². The third kappa shape index (κ3) is 5.77. The van der Waals surface area contributed by atoms with Crippen LogP contribution < -0.4 is 15.4 Å². The molecule has 2 heterocycles. The predicted octanol–water partition coefficient (Wildman–Crippen LogP) is 1.82. The molecule has 9 heteroatoms. The maximum atomic E-state index is 13.2. The first-order valence-electron chi connectivity index (χ1n) is 10.2. The summed E-state index contributed by atoms with van der Waals surface area (Å²) in [5.74, 6) is 0.0554. The smallest absolute Gasteiger partial charge is 0.275 e. The van der Waals surface area contributed by atoms with Crippen molar-refractivity contribution in [3.63, 3.8) is 0 Å². The lowest BCUT2D eigenvalue weighted by Crippen LogP contribution is -2.44. The van der Waals surface area contributed by atoms with Crippen LogP contribution in [0.15, 0.2) is 36.8 Å². The zero-order chi connectivity index (χ0) is 22.4. The third-order valence-corrected chi connectivity index (χ3v) is 5.28. The standard InChI is InChI=1S/C22H29N5O4/c1-14-10-25-15(2)13-31-19-6-5-16(26-21(28)18-11-23-7-8-24-18)9-17(19)22(29)27(3)12-20(14)30-4/h5-9,11,14-15,20,25H,10,12-13H2,1-4H3,(H,26,28)/t14-,15+,20+/m0/s1. The second-order valence-corrected chi connectivity index (χ2v) is 7.81. The summed E-state index contributed by atoms with van der Waals surface area (Å²) in [4.78, 5) is 35.2. The third-order valence-electron chi connectivity index (χ3n) is 5.28. The number of likely N-dealkylation sites (N-methyl/N-ethyl adjacent to an activating group) is 1. The highest BCUT2D eigenvalue weighted by molar-refractivity contribution is 6.04. The highest BCUT2D eigenvalue weighted by atomic mass is 16.5. The number of rotatable bonds is 3. The lowest BCUT2D eigenvalue weighted by molar-refractivity contribution is 0.0281. The van der Waals surface area contributed by atoms with Crippen LogP contribution in [-0.2, 0) is 4.74 Å². The maximum Gasteiger partial charge on any atom is 0.275 e. The summed E-state index contributed by atoms with van der Waals surface area (Å²) < 4.78 is 11.6. The number of ether oxygens (including phenoxy) is 2. The lowest BCUT2D eigenvalue weighted by atomic mass is 10.0. The van der Waals surface area contributed by atoms with Gasteiger partial charge in [-0.3, -0.25) is 14.6 Å². The van der Waals surface area contributed by atoms with Crippen molar-refractivity contribution < 1.29 is 19.1 Å². The number of aromatic nitrogens is 2. The van der Waals surface area contributed by atoms with E-state index in [9.17, 15) is 9.59 Å². The Morgan fingerprint density at radius 3 is 2.84 bits per heavy atom. The summed E-state index contributed by atoms with van der Waals surface area (Å²) in [6, 6.07) is 5.11. The molecule has 9 nitrogen and oxygen atoms in total. The van der Waals surface area contributed by atoms with E-state index in [-0.39, 0.29) is 29.7 Å². The molecule has 166 valence electrons. The van der Waals surface area contributed by atoms with Crippen molar-refractivity contribution in [3.8, 4) is 5.75 Å². The number of hydrogen-bond acceptors (Lipinski definition) is 7. The number of carbonyl (C=O) groups is 2. The van der Waals surface area contributed by atoms with E-state index in [1.807, 2.05) is 6.92 Å². The number of anilines is 1. The van der Waals surface area contributed by atoms with Gasteiger partial charge in [-0.2, -0.15) is 0 Å². The summed E-state index contributed by atoms with van der Waals surface area (Å²) in [7, 11) is 3.39. The lowest BCUT2D eigenvalue weighted by Gasteiger charge is -2.30. The first kappa shape index (κ1) is 22.6. The van der Waals surface area contributed by atoms with Gasteiger partial charge in [0, 0.05) is 51.4 Å². The van der Waals surface area contributed by atoms with Crippen LogP contribution in [0.25, 0.3) is 0 Å². The van der Waals surface area contributed by atoms with Crippen molar-refractivity contribution in [2.75, 3.05) is 39.2 Å². The molecule has 1 aliphatic heterocycles. The van der Waals surface area contributed by atoms with Gasteiger partial charge in [0.05, 0.1) is 17.9 Å². The van der Waals surface area contributed by atoms with Crippen LogP contribution in [0.2, 0.25) is 0 Å².